The zero-order valence-corrected chi connectivity index (χ0v) is 19.1. The molecule has 0 saturated carbocycles. The van der Waals surface area contributed by atoms with Gasteiger partial charge in [0.05, 0.1) is 0 Å². The Kier molecular flexibility index (Phi) is 6.52. The molecule has 3 nitrogen and oxygen atoms in total. The van der Waals surface area contributed by atoms with Crippen molar-refractivity contribution in [2.75, 3.05) is 7.11 Å². The molecule has 0 bridgehead atoms. The Bertz CT molecular complexity index is 977. The van der Waals surface area contributed by atoms with E-state index in [2.05, 4.69) is 26.8 Å². The highest BCUT2D eigenvalue weighted by Crippen LogP contribution is 2.41. The number of hydrogen-bond donors (Lipinski definition) is 0. The summed E-state index contributed by atoms with van der Waals surface area (Å²) in [4.78, 5) is 13.2. The minimum Gasteiger partial charge on any atom is -0.456 e. The zero-order valence-electron chi connectivity index (χ0n) is 19.1. The molecule has 1 aliphatic carbocycles. The molecular formula is C27H34O3. The summed E-state index contributed by atoms with van der Waals surface area (Å²) >= 11 is 0. The predicted molar refractivity (Wildman–Crippen MR) is 123 cm³/mol. The fourth-order valence-corrected chi connectivity index (χ4v) is 4.51. The van der Waals surface area contributed by atoms with Crippen LogP contribution in [0, 0.1) is 5.41 Å². The third kappa shape index (κ3) is 4.37. The number of hydrogen-bond acceptors (Lipinski definition) is 3. The second-order valence-electron chi connectivity index (χ2n) is 9.17. The van der Waals surface area contributed by atoms with E-state index < -0.39 is 5.60 Å². The van der Waals surface area contributed by atoms with Crippen LogP contribution in [0.2, 0.25) is 0 Å². The molecule has 0 amide bonds. The third-order valence-electron chi connectivity index (χ3n) is 6.47. The summed E-state index contributed by atoms with van der Waals surface area (Å²) < 4.78 is 11.6. The maximum absolute atomic E-state index is 13.2. The summed E-state index contributed by atoms with van der Waals surface area (Å²) in [5.74, 6) is -0.382. The van der Waals surface area contributed by atoms with Gasteiger partial charge in [-0.1, -0.05) is 68.0 Å². The first kappa shape index (κ1) is 22.3. The highest BCUT2D eigenvalue weighted by Gasteiger charge is 2.39. The van der Waals surface area contributed by atoms with Gasteiger partial charge < -0.3 is 9.47 Å². The van der Waals surface area contributed by atoms with E-state index >= 15 is 0 Å². The monoisotopic (exact) mass is 406 g/mol. The van der Waals surface area contributed by atoms with E-state index in [0.717, 1.165) is 22.8 Å². The molecule has 0 N–H and O–H groups in total. The second-order valence-corrected chi connectivity index (χ2v) is 9.17. The van der Waals surface area contributed by atoms with Crippen molar-refractivity contribution in [3.63, 3.8) is 0 Å². The van der Waals surface area contributed by atoms with E-state index in [1.807, 2.05) is 55.5 Å². The largest absolute Gasteiger partial charge is 0.456 e. The Morgan fingerprint density at radius 3 is 2.57 bits per heavy atom. The van der Waals surface area contributed by atoms with Crippen molar-refractivity contribution in [3.05, 3.63) is 71.3 Å². The van der Waals surface area contributed by atoms with Crippen molar-refractivity contribution in [2.45, 2.75) is 65.6 Å². The zero-order chi connectivity index (χ0) is 21.9. The van der Waals surface area contributed by atoms with Gasteiger partial charge in [0.2, 0.25) is 0 Å². The Morgan fingerprint density at radius 1 is 1.17 bits per heavy atom. The van der Waals surface area contributed by atoms with Crippen LogP contribution in [0.3, 0.4) is 0 Å². The van der Waals surface area contributed by atoms with Gasteiger partial charge in [-0.25, -0.2) is 4.79 Å². The molecule has 0 spiro atoms. The number of ether oxygens (including phenoxy) is 2. The lowest BCUT2D eigenvalue weighted by Crippen LogP contribution is -2.38. The Hall–Kier alpha value is -2.39. The fourth-order valence-electron chi connectivity index (χ4n) is 4.51. The summed E-state index contributed by atoms with van der Waals surface area (Å²) in [6, 6.07) is 13.9. The summed E-state index contributed by atoms with van der Waals surface area (Å²) in [5, 5.41) is 2.06. The molecule has 0 saturated heterocycles. The predicted octanol–water partition coefficient (Wildman–Crippen LogP) is 6.72. The van der Waals surface area contributed by atoms with E-state index in [-0.39, 0.29) is 17.5 Å². The van der Waals surface area contributed by atoms with Gasteiger partial charge in [0.25, 0.3) is 0 Å². The standard InChI is InChI=1S/C27H34O3/c1-19-11-10-18-26(3,4)23(19)17-16-20(2)30-25(28)27(5,29-6)24-15-9-13-21-12-7-8-14-22(21)24/h7-9,12-17,20H,10-11,18H2,1-6H3/b17-16+/t20-,27-/m0/s1. The molecule has 0 heterocycles. The topological polar surface area (TPSA) is 35.5 Å². The van der Waals surface area contributed by atoms with E-state index in [9.17, 15) is 4.79 Å². The Morgan fingerprint density at radius 2 is 1.87 bits per heavy atom. The van der Waals surface area contributed by atoms with E-state index in [0.29, 0.717) is 0 Å². The number of allylic oxidation sites excluding steroid dienone is 3. The Labute approximate surface area is 180 Å². The highest BCUT2D eigenvalue weighted by molar-refractivity contribution is 5.92. The average molecular weight is 407 g/mol. The first-order valence-electron chi connectivity index (χ1n) is 10.8. The van der Waals surface area contributed by atoms with Crippen LogP contribution in [-0.4, -0.2) is 19.2 Å². The first-order chi connectivity index (χ1) is 14.2. The fraction of sp³-hybridized carbons (Fsp3) is 0.444. The molecule has 0 fully saturated rings. The maximum atomic E-state index is 13.2. The average Bonchev–Trinajstić information content (AvgIpc) is 2.71. The molecule has 30 heavy (non-hydrogen) atoms. The van der Waals surface area contributed by atoms with E-state index in [1.165, 1.54) is 24.0 Å². The lowest BCUT2D eigenvalue weighted by Gasteiger charge is -2.33. The molecule has 2 aromatic carbocycles. The van der Waals surface area contributed by atoms with Gasteiger partial charge in [0.15, 0.2) is 5.60 Å². The van der Waals surface area contributed by atoms with Gasteiger partial charge >= 0.3 is 5.97 Å². The number of fused-ring (bicyclic) bond motifs is 1. The normalized spacial score (nSPS) is 19.7. The molecule has 0 unspecified atom stereocenters. The lowest BCUT2D eigenvalue weighted by atomic mass is 9.72. The van der Waals surface area contributed by atoms with Crippen LogP contribution in [0.15, 0.2) is 65.8 Å². The van der Waals surface area contributed by atoms with Gasteiger partial charge in [-0.15, -0.1) is 0 Å². The number of rotatable bonds is 6. The maximum Gasteiger partial charge on any atom is 0.343 e. The number of carbonyl (C=O) groups is 1. The smallest absolute Gasteiger partial charge is 0.343 e. The lowest BCUT2D eigenvalue weighted by molar-refractivity contribution is -0.171. The second kappa shape index (κ2) is 8.77. The molecule has 160 valence electrons. The summed E-state index contributed by atoms with van der Waals surface area (Å²) in [5.41, 5.74) is 2.59. The van der Waals surface area contributed by atoms with Crippen LogP contribution in [-0.2, 0) is 19.9 Å². The van der Waals surface area contributed by atoms with Gasteiger partial charge in [-0.3, -0.25) is 0 Å². The van der Waals surface area contributed by atoms with Crippen LogP contribution in [0.5, 0.6) is 0 Å². The number of esters is 1. The van der Waals surface area contributed by atoms with Crippen molar-refractivity contribution in [3.8, 4) is 0 Å². The molecule has 0 radical (unpaired) electrons. The molecule has 3 rings (SSSR count). The highest BCUT2D eigenvalue weighted by atomic mass is 16.6. The summed E-state index contributed by atoms with van der Waals surface area (Å²) in [6.07, 6.45) is 7.34. The van der Waals surface area contributed by atoms with Crippen LogP contribution in [0.1, 0.15) is 59.4 Å². The Balaban J connectivity index is 1.82. The van der Waals surface area contributed by atoms with Crippen LogP contribution >= 0.6 is 0 Å². The van der Waals surface area contributed by atoms with Crippen molar-refractivity contribution in [2.24, 2.45) is 5.41 Å². The minimum absolute atomic E-state index is 0.159. The molecule has 0 aromatic heterocycles. The van der Waals surface area contributed by atoms with Crippen LogP contribution in [0.4, 0.5) is 0 Å². The number of methoxy groups -OCH3 is 1. The summed E-state index contributed by atoms with van der Waals surface area (Å²) in [6.45, 7) is 10.5. The van der Waals surface area contributed by atoms with Gasteiger partial charge in [0, 0.05) is 12.7 Å². The van der Waals surface area contributed by atoms with E-state index in [1.54, 1.807) is 14.0 Å². The van der Waals surface area contributed by atoms with Gasteiger partial charge in [0.1, 0.15) is 6.10 Å². The number of carbonyl (C=O) groups excluding carboxylic acids is 1. The van der Waals surface area contributed by atoms with Gasteiger partial charge in [-0.05, 0) is 67.9 Å². The van der Waals surface area contributed by atoms with Crippen LogP contribution in [0.25, 0.3) is 10.8 Å². The molecule has 3 heteroatoms. The van der Waals surface area contributed by atoms with Gasteiger partial charge in [-0.2, -0.15) is 0 Å². The molecule has 2 aromatic rings. The third-order valence-corrected chi connectivity index (χ3v) is 6.47. The van der Waals surface area contributed by atoms with Crippen molar-refractivity contribution in [1.82, 2.24) is 0 Å². The number of benzene rings is 2. The molecule has 0 aliphatic heterocycles. The van der Waals surface area contributed by atoms with Crippen molar-refractivity contribution in [1.29, 1.82) is 0 Å². The van der Waals surface area contributed by atoms with E-state index in [4.69, 9.17) is 9.47 Å². The molecule has 1 aliphatic rings. The van der Waals surface area contributed by atoms with Crippen molar-refractivity contribution < 1.29 is 14.3 Å². The SMILES string of the molecule is CO[C@](C)(C(=O)O[C@@H](C)/C=C/C1=C(C)CCCC1(C)C)c1cccc2ccccc12. The summed E-state index contributed by atoms with van der Waals surface area (Å²) in [7, 11) is 1.56. The van der Waals surface area contributed by atoms with Crippen LogP contribution < -0.4 is 0 Å². The molecule has 2 atom stereocenters. The molecular weight excluding hydrogens is 372 g/mol. The minimum atomic E-state index is -1.18. The quantitative estimate of drug-likeness (QED) is 0.500. The van der Waals surface area contributed by atoms with Crippen molar-refractivity contribution >= 4 is 16.7 Å². The first-order valence-corrected chi connectivity index (χ1v) is 10.8.